The highest BCUT2D eigenvalue weighted by Crippen LogP contribution is 2.75. The fourth-order valence-electron chi connectivity index (χ4n) is 3.13. The third-order valence-corrected chi connectivity index (χ3v) is 12.6. The molecule has 4 atom stereocenters. The Morgan fingerprint density at radius 2 is 2.13 bits per heavy atom. The zero-order valence-corrected chi connectivity index (χ0v) is 10.7. The molecule has 1 aromatic rings. The van der Waals surface area contributed by atoms with Crippen LogP contribution in [0.4, 0.5) is 0 Å². The fraction of sp³-hybridized carbons (Fsp3) is 0.333. The van der Waals surface area contributed by atoms with Crippen LogP contribution in [-0.4, -0.2) is 10.7 Å². The molecule has 0 spiro atoms. The summed E-state index contributed by atoms with van der Waals surface area (Å²) in [5.74, 6) is 0.776. The van der Waals surface area contributed by atoms with Gasteiger partial charge < -0.3 is 0 Å². The summed E-state index contributed by atoms with van der Waals surface area (Å²) in [7, 11) is 0. The minimum atomic E-state index is -1.27. The van der Waals surface area contributed by atoms with Crippen molar-refractivity contribution in [2.75, 3.05) is 0 Å². The molecule has 0 aromatic heterocycles. The van der Waals surface area contributed by atoms with Crippen LogP contribution in [0.15, 0.2) is 41.3 Å². The van der Waals surface area contributed by atoms with Gasteiger partial charge in [-0.25, -0.2) is 0 Å². The van der Waals surface area contributed by atoms with Gasteiger partial charge in [0.05, 0.1) is 0 Å². The second-order valence-corrected chi connectivity index (χ2v) is 11.0. The van der Waals surface area contributed by atoms with Gasteiger partial charge in [0.15, 0.2) is 0 Å². The first-order valence-corrected chi connectivity index (χ1v) is 9.16. The lowest BCUT2D eigenvalue weighted by Gasteiger charge is -2.25. The van der Waals surface area contributed by atoms with E-state index in [1.807, 2.05) is 0 Å². The highest BCUT2D eigenvalue weighted by molar-refractivity contribution is 8.28. The van der Waals surface area contributed by atoms with Gasteiger partial charge in [-0.05, 0) is 18.4 Å². The molecular formula is C12H11PS2. The minimum Gasteiger partial charge on any atom is -0.116 e. The van der Waals surface area contributed by atoms with Crippen molar-refractivity contribution in [3.63, 3.8) is 0 Å². The maximum absolute atomic E-state index is 6.10. The van der Waals surface area contributed by atoms with E-state index in [1.54, 1.807) is 0 Å². The number of hydrogen-bond acceptors (Lipinski definition) is 2. The van der Waals surface area contributed by atoms with Crippen molar-refractivity contribution in [2.24, 2.45) is 5.92 Å². The van der Waals surface area contributed by atoms with Crippen molar-refractivity contribution in [2.45, 2.75) is 22.0 Å². The normalized spacial score (nSPS) is 44.4. The van der Waals surface area contributed by atoms with Crippen molar-refractivity contribution < 1.29 is 0 Å². The summed E-state index contributed by atoms with van der Waals surface area (Å²) in [5.41, 5.74) is 0.721. The van der Waals surface area contributed by atoms with E-state index in [0.29, 0.717) is 0 Å². The predicted octanol–water partition coefficient (Wildman–Crippen LogP) is 3.18. The van der Waals surface area contributed by atoms with Gasteiger partial charge in [-0.3, -0.25) is 0 Å². The SMILES string of the molecule is S=P12c3ccccc3SC1[C@H]1C=C[C@@H]2C1. The summed E-state index contributed by atoms with van der Waals surface area (Å²) >= 11 is 8.16. The molecule has 2 bridgehead atoms. The lowest BCUT2D eigenvalue weighted by Crippen LogP contribution is -2.13. The van der Waals surface area contributed by atoms with Gasteiger partial charge in [0.1, 0.15) is 0 Å². The van der Waals surface area contributed by atoms with E-state index in [1.165, 1.54) is 16.6 Å². The average molecular weight is 250 g/mol. The smallest absolute Gasteiger partial charge is 0.0492 e. The van der Waals surface area contributed by atoms with Crippen LogP contribution in [0.2, 0.25) is 0 Å². The molecule has 0 radical (unpaired) electrons. The number of rotatable bonds is 0. The summed E-state index contributed by atoms with van der Waals surface area (Å²) in [6, 6.07) is 7.58. The first kappa shape index (κ1) is 9.04. The van der Waals surface area contributed by atoms with Crippen molar-refractivity contribution in [3.8, 4) is 0 Å². The molecule has 3 heteroatoms. The Hall–Kier alpha value is -0.0400. The summed E-state index contributed by atoms with van der Waals surface area (Å²) in [6.45, 7) is 0. The van der Waals surface area contributed by atoms with Crippen LogP contribution < -0.4 is 5.30 Å². The molecule has 1 aromatic carbocycles. The number of allylic oxidation sites excluding steroid dienone is 2. The Bertz CT molecular complexity index is 520. The number of fused-ring (bicyclic) bond motifs is 7. The molecule has 0 nitrogen and oxygen atoms in total. The predicted molar refractivity (Wildman–Crippen MR) is 71.0 cm³/mol. The van der Waals surface area contributed by atoms with Crippen LogP contribution >= 0.6 is 17.8 Å². The third-order valence-electron chi connectivity index (χ3n) is 3.82. The second kappa shape index (κ2) is 2.80. The Kier molecular flexibility index (Phi) is 1.68. The molecule has 0 amide bonds. The average Bonchev–Trinajstić information content (AvgIpc) is 2.88. The number of thioether (sulfide) groups is 1. The standard InChI is InChI=1S/C12H11PS2/c14-13-9-6-5-8(7-9)12(13)15-11-4-2-1-3-10(11)13/h1-6,8-9,12H,7H2/t8-,9+,12?,13?/m0/s1. The molecule has 3 aliphatic rings. The van der Waals surface area contributed by atoms with Crippen molar-refractivity contribution >= 4 is 34.9 Å². The van der Waals surface area contributed by atoms with Crippen LogP contribution in [-0.2, 0) is 11.8 Å². The zero-order chi connectivity index (χ0) is 10.0. The van der Waals surface area contributed by atoms with Crippen molar-refractivity contribution in [1.29, 1.82) is 0 Å². The van der Waals surface area contributed by atoms with E-state index in [2.05, 4.69) is 48.2 Å². The summed E-state index contributed by atoms with van der Waals surface area (Å²) in [5, 5.41) is 1.53. The largest absolute Gasteiger partial charge is 0.116 e. The molecule has 15 heavy (non-hydrogen) atoms. The molecule has 0 N–H and O–H groups in total. The molecule has 76 valence electrons. The molecule has 4 rings (SSSR count). The topological polar surface area (TPSA) is 0 Å². The highest BCUT2D eigenvalue weighted by Gasteiger charge is 2.54. The Balaban J connectivity index is 2.01. The fourth-order valence-corrected chi connectivity index (χ4v) is 11.9. The molecule has 2 aliphatic heterocycles. The Labute approximate surface area is 99.2 Å². The summed E-state index contributed by atoms with van der Waals surface area (Å²) < 4.78 is 0. The highest BCUT2D eigenvalue weighted by atomic mass is 32.4. The lowest BCUT2D eigenvalue weighted by atomic mass is 10.2. The van der Waals surface area contributed by atoms with Gasteiger partial charge >= 0.3 is 0 Å². The van der Waals surface area contributed by atoms with Crippen LogP contribution in [0.5, 0.6) is 0 Å². The van der Waals surface area contributed by atoms with Crippen molar-refractivity contribution in [3.05, 3.63) is 36.4 Å². The van der Waals surface area contributed by atoms with Gasteiger partial charge in [-0.1, -0.05) is 42.2 Å². The van der Waals surface area contributed by atoms with Gasteiger partial charge in [0.2, 0.25) is 0 Å². The van der Waals surface area contributed by atoms with E-state index < -0.39 is 6.04 Å². The monoisotopic (exact) mass is 250 g/mol. The van der Waals surface area contributed by atoms with Crippen LogP contribution in [0, 0.1) is 5.92 Å². The summed E-state index contributed by atoms with van der Waals surface area (Å²) in [6.07, 6.45) is 6.16. The van der Waals surface area contributed by atoms with Gasteiger partial charge in [-0.15, -0.1) is 11.8 Å². The van der Waals surface area contributed by atoms with E-state index >= 15 is 0 Å². The van der Waals surface area contributed by atoms with Crippen LogP contribution in [0.3, 0.4) is 0 Å². The number of hydrogen-bond donors (Lipinski definition) is 0. The van der Waals surface area contributed by atoms with Crippen LogP contribution in [0.1, 0.15) is 6.42 Å². The lowest BCUT2D eigenvalue weighted by molar-refractivity contribution is 0.732. The van der Waals surface area contributed by atoms with Gasteiger partial charge in [0, 0.05) is 26.9 Å². The first-order valence-electron chi connectivity index (χ1n) is 5.34. The van der Waals surface area contributed by atoms with Crippen LogP contribution in [0.25, 0.3) is 0 Å². The molecule has 0 saturated carbocycles. The molecule has 2 unspecified atom stereocenters. The van der Waals surface area contributed by atoms with E-state index in [0.717, 1.165) is 16.6 Å². The minimum absolute atomic E-state index is 0.721. The second-order valence-electron chi connectivity index (χ2n) is 4.54. The molecule has 1 saturated heterocycles. The maximum atomic E-state index is 6.10. The molecular weight excluding hydrogens is 239 g/mol. The molecule has 2 heterocycles. The van der Waals surface area contributed by atoms with E-state index in [-0.39, 0.29) is 0 Å². The van der Waals surface area contributed by atoms with Gasteiger partial charge in [-0.2, -0.15) is 0 Å². The number of benzene rings is 1. The quantitative estimate of drug-likeness (QED) is 0.512. The zero-order valence-electron chi connectivity index (χ0n) is 8.17. The van der Waals surface area contributed by atoms with E-state index in [9.17, 15) is 0 Å². The first-order chi connectivity index (χ1) is 7.30. The maximum Gasteiger partial charge on any atom is 0.0492 e. The van der Waals surface area contributed by atoms with Gasteiger partial charge in [0.25, 0.3) is 0 Å². The Morgan fingerprint density at radius 1 is 1.27 bits per heavy atom. The van der Waals surface area contributed by atoms with E-state index in [4.69, 9.17) is 11.8 Å². The molecule has 1 aliphatic carbocycles. The summed E-state index contributed by atoms with van der Waals surface area (Å²) in [4.78, 5) is 2.21. The molecule has 1 fully saturated rings. The van der Waals surface area contributed by atoms with Crippen molar-refractivity contribution in [1.82, 2.24) is 0 Å². The Morgan fingerprint density at radius 3 is 3.07 bits per heavy atom. The third kappa shape index (κ3) is 0.945.